The number of unbranched alkanes of at least 4 members (excludes halogenated alkanes) is 1. The molecule has 0 saturated heterocycles. The van der Waals surface area contributed by atoms with Crippen LogP contribution in [0.1, 0.15) is 35.4 Å². The molecule has 0 radical (unpaired) electrons. The summed E-state index contributed by atoms with van der Waals surface area (Å²) in [6.45, 7) is 8.51. The van der Waals surface area contributed by atoms with Crippen LogP contribution < -0.4 is 0 Å². The first-order chi connectivity index (χ1) is 10.5. The molecule has 1 aromatic carbocycles. The van der Waals surface area contributed by atoms with Crippen molar-refractivity contribution in [2.75, 3.05) is 20.2 Å². The topological polar surface area (TPSA) is 41.3 Å². The molecule has 1 N–H and O–H groups in total. The van der Waals surface area contributed by atoms with Gasteiger partial charge in [0.1, 0.15) is 0 Å². The molecule has 22 heavy (non-hydrogen) atoms. The van der Waals surface area contributed by atoms with Gasteiger partial charge in [0.25, 0.3) is 0 Å². The van der Waals surface area contributed by atoms with E-state index in [1.54, 1.807) is 0 Å². The van der Waals surface area contributed by atoms with Crippen LogP contribution in [0, 0.1) is 20.8 Å². The quantitative estimate of drug-likeness (QED) is 0.799. The number of hydrogen-bond donors (Lipinski definition) is 1. The number of para-hydroxylation sites is 1. The number of aryl methyl sites for hydroxylation is 2. The van der Waals surface area contributed by atoms with Crippen LogP contribution in [-0.4, -0.2) is 40.0 Å². The molecule has 0 unspecified atom stereocenters. The molecule has 0 bridgehead atoms. The third-order valence-electron chi connectivity index (χ3n) is 4.16. The van der Waals surface area contributed by atoms with Gasteiger partial charge in [-0.3, -0.25) is 0 Å². The van der Waals surface area contributed by atoms with Crippen LogP contribution >= 0.6 is 0 Å². The van der Waals surface area contributed by atoms with E-state index in [4.69, 9.17) is 10.2 Å². The van der Waals surface area contributed by atoms with Crippen LogP contribution in [0.2, 0.25) is 0 Å². The minimum absolute atomic E-state index is 0.275. The number of benzene rings is 1. The summed E-state index contributed by atoms with van der Waals surface area (Å²) in [7, 11) is 2.13. The van der Waals surface area contributed by atoms with Crippen LogP contribution in [-0.2, 0) is 6.54 Å². The maximum absolute atomic E-state index is 8.88. The Labute approximate surface area is 133 Å². The fourth-order valence-corrected chi connectivity index (χ4v) is 2.78. The highest BCUT2D eigenvalue weighted by molar-refractivity contribution is 5.42. The van der Waals surface area contributed by atoms with Crippen molar-refractivity contribution in [3.05, 3.63) is 46.8 Å². The zero-order valence-electron chi connectivity index (χ0n) is 14.1. The Hall–Kier alpha value is -1.65. The number of rotatable bonds is 7. The van der Waals surface area contributed by atoms with E-state index in [9.17, 15) is 0 Å². The lowest BCUT2D eigenvalue weighted by Gasteiger charge is -2.16. The third kappa shape index (κ3) is 3.76. The van der Waals surface area contributed by atoms with Gasteiger partial charge in [0.05, 0.1) is 11.4 Å². The monoisotopic (exact) mass is 301 g/mol. The summed E-state index contributed by atoms with van der Waals surface area (Å²) in [5, 5.41) is 13.6. The van der Waals surface area contributed by atoms with E-state index in [2.05, 4.69) is 61.7 Å². The second-order valence-electron chi connectivity index (χ2n) is 6.02. The SMILES string of the molecule is Cc1ccccc1-n1nc(C)c(CN(C)CCCCO)c1C. The van der Waals surface area contributed by atoms with Crippen LogP contribution in [0.25, 0.3) is 5.69 Å². The van der Waals surface area contributed by atoms with Crippen LogP contribution in [0.15, 0.2) is 24.3 Å². The lowest BCUT2D eigenvalue weighted by atomic mass is 10.1. The predicted molar refractivity (Wildman–Crippen MR) is 90.4 cm³/mol. The molecule has 0 saturated carbocycles. The molecule has 0 aliphatic carbocycles. The zero-order valence-corrected chi connectivity index (χ0v) is 14.1. The molecule has 0 fully saturated rings. The smallest absolute Gasteiger partial charge is 0.0678 e. The predicted octanol–water partition coefficient (Wildman–Crippen LogP) is 3.00. The molecule has 0 amide bonds. The summed E-state index contributed by atoms with van der Waals surface area (Å²) < 4.78 is 2.06. The number of aliphatic hydroxyl groups excluding tert-OH is 1. The Morgan fingerprint density at radius 2 is 1.86 bits per heavy atom. The van der Waals surface area contributed by atoms with Crippen molar-refractivity contribution in [1.29, 1.82) is 0 Å². The fraction of sp³-hybridized carbons (Fsp3) is 0.500. The third-order valence-corrected chi connectivity index (χ3v) is 4.16. The van der Waals surface area contributed by atoms with Crippen molar-refractivity contribution in [3.63, 3.8) is 0 Å². The molecule has 1 heterocycles. The Morgan fingerprint density at radius 3 is 2.55 bits per heavy atom. The maximum atomic E-state index is 8.88. The summed E-state index contributed by atoms with van der Waals surface area (Å²) in [4.78, 5) is 2.30. The van der Waals surface area contributed by atoms with Gasteiger partial charge in [0, 0.05) is 24.4 Å². The van der Waals surface area contributed by atoms with E-state index >= 15 is 0 Å². The molecule has 2 aromatic rings. The number of hydrogen-bond acceptors (Lipinski definition) is 3. The highest BCUT2D eigenvalue weighted by atomic mass is 16.2. The molecule has 120 valence electrons. The molecule has 0 atom stereocenters. The highest BCUT2D eigenvalue weighted by Gasteiger charge is 2.15. The minimum atomic E-state index is 0.275. The fourth-order valence-electron chi connectivity index (χ4n) is 2.78. The van der Waals surface area contributed by atoms with Crippen molar-refractivity contribution < 1.29 is 5.11 Å². The van der Waals surface area contributed by atoms with Crippen molar-refractivity contribution in [2.45, 2.75) is 40.2 Å². The molecule has 0 aliphatic rings. The first-order valence-electron chi connectivity index (χ1n) is 7.95. The minimum Gasteiger partial charge on any atom is -0.396 e. The van der Waals surface area contributed by atoms with E-state index in [1.807, 2.05) is 0 Å². The van der Waals surface area contributed by atoms with Gasteiger partial charge in [0.15, 0.2) is 0 Å². The van der Waals surface area contributed by atoms with E-state index < -0.39 is 0 Å². The van der Waals surface area contributed by atoms with E-state index in [-0.39, 0.29) is 6.61 Å². The van der Waals surface area contributed by atoms with Crippen LogP contribution in [0.4, 0.5) is 0 Å². The molecule has 0 aliphatic heterocycles. The summed E-state index contributed by atoms with van der Waals surface area (Å²) in [6.07, 6.45) is 1.89. The van der Waals surface area contributed by atoms with Gasteiger partial charge in [-0.1, -0.05) is 18.2 Å². The van der Waals surface area contributed by atoms with Gasteiger partial charge < -0.3 is 10.0 Å². The van der Waals surface area contributed by atoms with Crippen molar-refractivity contribution in [2.24, 2.45) is 0 Å². The lowest BCUT2D eigenvalue weighted by molar-refractivity contribution is 0.261. The molecular formula is C18H27N3O. The molecule has 0 spiro atoms. The Bertz CT molecular complexity index is 619. The molecule has 2 rings (SSSR count). The Balaban J connectivity index is 2.19. The largest absolute Gasteiger partial charge is 0.396 e. The number of nitrogens with zero attached hydrogens (tertiary/aromatic N) is 3. The second kappa shape index (κ2) is 7.56. The van der Waals surface area contributed by atoms with Crippen molar-refractivity contribution in [1.82, 2.24) is 14.7 Å². The van der Waals surface area contributed by atoms with Gasteiger partial charge in [-0.05, 0) is 58.8 Å². The summed E-state index contributed by atoms with van der Waals surface area (Å²) in [5.41, 5.74) is 5.98. The highest BCUT2D eigenvalue weighted by Crippen LogP contribution is 2.21. The normalized spacial score (nSPS) is 11.4. The van der Waals surface area contributed by atoms with Gasteiger partial charge >= 0.3 is 0 Å². The van der Waals surface area contributed by atoms with Crippen molar-refractivity contribution >= 4 is 0 Å². The first-order valence-corrected chi connectivity index (χ1v) is 7.95. The van der Waals surface area contributed by atoms with Gasteiger partial charge in [-0.15, -0.1) is 0 Å². The van der Waals surface area contributed by atoms with Gasteiger partial charge in [-0.2, -0.15) is 5.10 Å². The van der Waals surface area contributed by atoms with Gasteiger partial charge in [-0.25, -0.2) is 4.68 Å². The summed E-state index contributed by atoms with van der Waals surface area (Å²) >= 11 is 0. The summed E-state index contributed by atoms with van der Waals surface area (Å²) in [5.74, 6) is 0. The van der Waals surface area contributed by atoms with Crippen LogP contribution in [0.3, 0.4) is 0 Å². The molecule has 4 heteroatoms. The Kier molecular flexibility index (Phi) is 5.75. The van der Waals surface area contributed by atoms with E-state index in [1.165, 1.54) is 16.8 Å². The molecule has 1 aromatic heterocycles. The standard InChI is InChI=1S/C18H27N3O/c1-14-9-5-6-10-18(14)21-16(3)17(15(2)19-21)13-20(4)11-7-8-12-22/h5-6,9-10,22H,7-8,11-13H2,1-4H3. The maximum Gasteiger partial charge on any atom is 0.0678 e. The molecular weight excluding hydrogens is 274 g/mol. The average molecular weight is 301 g/mol. The summed E-state index contributed by atoms with van der Waals surface area (Å²) in [6, 6.07) is 8.34. The second-order valence-corrected chi connectivity index (χ2v) is 6.02. The van der Waals surface area contributed by atoms with Crippen LogP contribution in [0.5, 0.6) is 0 Å². The van der Waals surface area contributed by atoms with E-state index in [0.717, 1.165) is 37.3 Å². The first kappa shape index (κ1) is 16.7. The number of aliphatic hydroxyl groups is 1. The molecule has 4 nitrogen and oxygen atoms in total. The van der Waals surface area contributed by atoms with Gasteiger partial charge in [0.2, 0.25) is 0 Å². The van der Waals surface area contributed by atoms with Crippen molar-refractivity contribution in [3.8, 4) is 5.69 Å². The van der Waals surface area contributed by atoms with E-state index in [0.29, 0.717) is 0 Å². The lowest BCUT2D eigenvalue weighted by Crippen LogP contribution is -2.20. The zero-order chi connectivity index (χ0) is 16.1. The Morgan fingerprint density at radius 1 is 1.14 bits per heavy atom. The average Bonchev–Trinajstić information content (AvgIpc) is 2.76. The number of aromatic nitrogens is 2.